The lowest BCUT2D eigenvalue weighted by atomic mass is 10.1. The normalized spacial score (nSPS) is 11.8. The Morgan fingerprint density at radius 2 is 1.65 bits per heavy atom. The number of benzene rings is 3. The lowest BCUT2D eigenvalue weighted by Crippen LogP contribution is -2.04. The molecule has 0 atom stereocenters. The molecule has 0 spiro atoms. The molecule has 0 unspecified atom stereocenters. The van der Waals surface area contributed by atoms with E-state index in [2.05, 4.69) is 0 Å². The van der Waals surface area contributed by atoms with E-state index >= 15 is 0 Å². The zero-order chi connectivity index (χ0) is 22.1. The van der Waals surface area contributed by atoms with Gasteiger partial charge in [-0.1, -0.05) is 66.7 Å². The van der Waals surface area contributed by atoms with E-state index in [1.807, 2.05) is 42.5 Å². The molecule has 0 aliphatic rings. The molecule has 0 saturated heterocycles. The van der Waals surface area contributed by atoms with Crippen molar-refractivity contribution in [1.82, 2.24) is 0 Å². The van der Waals surface area contributed by atoms with Gasteiger partial charge in [0, 0.05) is 5.56 Å². The molecule has 0 radical (unpaired) electrons. The van der Waals surface area contributed by atoms with E-state index in [0.717, 1.165) is 5.56 Å². The van der Waals surface area contributed by atoms with E-state index in [1.165, 1.54) is 25.3 Å². The fraction of sp³-hybridized carbons (Fsp3) is 0.0800. The monoisotopic (exact) mass is 431 g/mol. The lowest BCUT2D eigenvalue weighted by molar-refractivity contribution is 0.326. The number of para-hydroxylation sites is 1. The Morgan fingerprint density at radius 3 is 2.29 bits per heavy atom. The lowest BCUT2D eigenvalue weighted by Gasteiger charge is -2.12. The first-order valence-corrected chi connectivity index (χ1v) is 11.0. The van der Waals surface area contributed by atoms with Crippen LogP contribution in [0.4, 0.5) is 0 Å². The molecule has 0 saturated carbocycles. The third kappa shape index (κ3) is 5.41. The number of hydrogen-bond donors (Lipinski definition) is 0. The molecule has 0 bridgehead atoms. The van der Waals surface area contributed by atoms with Gasteiger partial charge in [0.1, 0.15) is 17.6 Å². The van der Waals surface area contributed by atoms with Crippen LogP contribution in [0.25, 0.3) is 12.2 Å². The molecule has 5 nitrogen and oxygen atoms in total. The first-order chi connectivity index (χ1) is 15.1. The van der Waals surface area contributed by atoms with Crippen LogP contribution in [0, 0.1) is 11.3 Å². The minimum atomic E-state index is -3.96. The zero-order valence-electron chi connectivity index (χ0n) is 16.9. The minimum Gasteiger partial charge on any atom is -0.493 e. The van der Waals surface area contributed by atoms with Gasteiger partial charge in [-0.15, -0.1) is 0 Å². The second kappa shape index (κ2) is 10.3. The van der Waals surface area contributed by atoms with E-state index in [-0.39, 0.29) is 16.4 Å². The van der Waals surface area contributed by atoms with Crippen LogP contribution in [0.3, 0.4) is 0 Å². The zero-order valence-corrected chi connectivity index (χ0v) is 17.7. The largest absolute Gasteiger partial charge is 0.493 e. The summed E-state index contributed by atoms with van der Waals surface area (Å²) in [7, 11) is -2.46. The molecule has 156 valence electrons. The molecule has 0 fully saturated rings. The standard InChI is InChI=1S/C25H21NO4S/c1-29-24-16-8-13-21(25(24)30-17-9-12-20-10-4-2-5-11-20)18-23(19-26)31(27,28)22-14-6-3-7-15-22/h2-16,18H,17H2,1H3/b12-9+,23-18-. The summed E-state index contributed by atoms with van der Waals surface area (Å²) in [4.78, 5) is -0.324. The van der Waals surface area contributed by atoms with Crippen molar-refractivity contribution in [2.45, 2.75) is 4.90 Å². The SMILES string of the molecule is COc1cccc(/C=C(/C#N)S(=O)(=O)c2ccccc2)c1OC/C=C/c1ccccc1. The summed E-state index contributed by atoms with van der Waals surface area (Å²) in [5.74, 6) is 0.801. The second-order valence-electron chi connectivity index (χ2n) is 6.44. The van der Waals surface area contributed by atoms with E-state index in [4.69, 9.17) is 9.47 Å². The quantitative estimate of drug-likeness (QED) is 0.462. The number of ether oxygens (including phenoxy) is 2. The maximum absolute atomic E-state index is 12.9. The second-order valence-corrected chi connectivity index (χ2v) is 8.36. The molecule has 0 aliphatic carbocycles. The summed E-state index contributed by atoms with van der Waals surface area (Å²) in [5.41, 5.74) is 1.47. The fourth-order valence-corrected chi connectivity index (χ4v) is 4.05. The highest BCUT2D eigenvalue weighted by Gasteiger charge is 2.21. The number of rotatable bonds is 8. The van der Waals surface area contributed by atoms with Gasteiger partial charge in [-0.05, 0) is 35.9 Å². The van der Waals surface area contributed by atoms with Crippen molar-refractivity contribution in [3.8, 4) is 17.6 Å². The Morgan fingerprint density at radius 1 is 0.968 bits per heavy atom. The first-order valence-electron chi connectivity index (χ1n) is 9.49. The molecule has 0 aromatic heterocycles. The van der Waals surface area contributed by atoms with Crippen LogP contribution in [0.15, 0.2) is 94.7 Å². The maximum atomic E-state index is 12.9. The Bertz CT molecular complexity index is 1230. The summed E-state index contributed by atoms with van der Waals surface area (Å²) in [6.07, 6.45) is 5.08. The number of allylic oxidation sites excluding steroid dienone is 1. The Kier molecular flexibility index (Phi) is 7.26. The molecule has 3 aromatic carbocycles. The van der Waals surface area contributed by atoms with Crippen molar-refractivity contribution < 1.29 is 17.9 Å². The number of methoxy groups -OCH3 is 1. The number of nitrogens with zero attached hydrogens (tertiary/aromatic N) is 1. The number of nitriles is 1. The summed E-state index contributed by atoms with van der Waals surface area (Å²) < 4.78 is 37.0. The molecule has 0 amide bonds. The Labute approximate surface area is 182 Å². The highest BCUT2D eigenvalue weighted by Crippen LogP contribution is 2.34. The molecule has 0 N–H and O–H groups in total. The molecule has 0 heterocycles. The third-order valence-electron chi connectivity index (χ3n) is 4.40. The summed E-state index contributed by atoms with van der Waals surface area (Å²) in [5, 5.41) is 9.56. The fourth-order valence-electron chi connectivity index (χ4n) is 2.88. The number of sulfone groups is 1. The van der Waals surface area contributed by atoms with Crippen LogP contribution in [-0.4, -0.2) is 22.1 Å². The van der Waals surface area contributed by atoms with Crippen LogP contribution in [0.1, 0.15) is 11.1 Å². The Balaban J connectivity index is 1.92. The van der Waals surface area contributed by atoms with E-state index < -0.39 is 9.84 Å². The third-order valence-corrected chi connectivity index (χ3v) is 6.08. The predicted molar refractivity (Wildman–Crippen MR) is 121 cm³/mol. The number of hydrogen-bond acceptors (Lipinski definition) is 5. The van der Waals surface area contributed by atoms with Crippen LogP contribution in [-0.2, 0) is 9.84 Å². The van der Waals surface area contributed by atoms with Gasteiger partial charge >= 0.3 is 0 Å². The van der Waals surface area contributed by atoms with Gasteiger partial charge in [-0.2, -0.15) is 5.26 Å². The molecule has 0 aliphatic heterocycles. The van der Waals surface area contributed by atoms with E-state index in [0.29, 0.717) is 17.1 Å². The predicted octanol–water partition coefficient (Wildman–Crippen LogP) is 5.13. The summed E-state index contributed by atoms with van der Waals surface area (Å²) in [6.45, 7) is 0.240. The van der Waals surface area contributed by atoms with Crippen LogP contribution in [0.5, 0.6) is 11.5 Å². The van der Waals surface area contributed by atoms with Crippen LogP contribution >= 0.6 is 0 Å². The highest BCUT2D eigenvalue weighted by molar-refractivity contribution is 7.95. The van der Waals surface area contributed by atoms with Crippen molar-refractivity contribution in [3.63, 3.8) is 0 Å². The van der Waals surface area contributed by atoms with Crippen molar-refractivity contribution in [2.75, 3.05) is 13.7 Å². The highest BCUT2D eigenvalue weighted by atomic mass is 32.2. The molecular weight excluding hydrogens is 410 g/mol. The molecular formula is C25H21NO4S. The molecule has 3 aromatic rings. The van der Waals surface area contributed by atoms with Crippen LogP contribution in [0.2, 0.25) is 0 Å². The van der Waals surface area contributed by atoms with Gasteiger partial charge in [-0.25, -0.2) is 8.42 Å². The van der Waals surface area contributed by atoms with Gasteiger partial charge in [0.15, 0.2) is 11.5 Å². The maximum Gasteiger partial charge on any atom is 0.216 e. The molecule has 3 rings (SSSR count). The van der Waals surface area contributed by atoms with Gasteiger partial charge in [0.2, 0.25) is 9.84 Å². The van der Waals surface area contributed by atoms with Gasteiger partial charge in [0.25, 0.3) is 0 Å². The van der Waals surface area contributed by atoms with Crippen LogP contribution < -0.4 is 9.47 Å². The van der Waals surface area contributed by atoms with Crippen molar-refractivity contribution in [1.29, 1.82) is 5.26 Å². The average Bonchev–Trinajstić information content (AvgIpc) is 2.81. The van der Waals surface area contributed by atoms with Gasteiger partial charge in [0.05, 0.1) is 12.0 Å². The Hall–Kier alpha value is -3.82. The van der Waals surface area contributed by atoms with Gasteiger partial charge in [-0.3, -0.25) is 0 Å². The molecule has 6 heteroatoms. The van der Waals surface area contributed by atoms with E-state index in [1.54, 1.807) is 42.5 Å². The van der Waals surface area contributed by atoms with Crippen molar-refractivity contribution in [3.05, 3.63) is 101 Å². The minimum absolute atomic E-state index is 0.0546. The van der Waals surface area contributed by atoms with Crippen molar-refractivity contribution >= 4 is 22.0 Å². The summed E-state index contributed by atoms with van der Waals surface area (Å²) in [6, 6.07) is 24.5. The van der Waals surface area contributed by atoms with Crippen molar-refractivity contribution in [2.24, 2.45) is 0 Å². The molecule has 31 heavy (non-hydrogen) atoms. The van der Waals surface area contributed by atoms with Gasteiger partial charge < -0.3 is 9.47 Å². The first kappa shape index (κ1) is 21.9. The van der Waals surface area contributed by atoms with E-state index in [9.17, 15) is 13.7 Å². The average molecular weight is 432 g/mol. The smallest absolute Gasteiger partial charge is 0.216 e. The topological polar surface area (TPSA) is 76.4 Å². The summed E-state index contributed by atoms with van der Waals surface area (Å²) >= 11 is 0.